The highest BCUT2D eigenvalue weighted by Gasteiger charge is 2.11. The Kier molecular flexibility index (Phi) is 2.62. The summed E-state index contributed by atoms with van der Waals surface area (Å²) in [6.07, 6.45) is 2.01. The zero-order valence-electron chi connectivity index (χ0n) is 8.80. The number of aryl methyl sites for hydroxylation is 2. The third-order valence-corrected chi connectivity index (χ3v) is 2.59. The van der Waals surface area contributed by atoms with Crippen LogP contribution in [-0.2, 0) is 6.42 Å². The van der Waals surface area contributed by atoms with E-state index in [0.29, 0.717) is 0 Å². The van der Waals surface area contributed by atoms with Crippen molar-refractivity contribution in [1.82, 2.24) is 0 Å². The van der Waals surface area contributed by atoms with E-state index in [1.54, 1.807) is 0 Å². The third-order valence-electron chi connectivity index (χ3n) is 2.59. The van der Waals surface area contributed by atoms with Crippen LogP contribution in [0.4, 0.5) is 0 Å². The molecule has 0 amide bonds. The van der Waals surface area contributed by atoms with Crippen molar-refractivity contribution in [2.75, 3.05) is 13.2 Å². The molecule has 0 bridgehead atoms. The van der Waals surface area contributed by atoms with E-state index in [-0.39, 0.29) is 0 Å². The Morgan fingerprint density at radius 3 is 2.43 bits per heavy atom. The smallest absolute Gasteiger partial charge is 0.161 e. The van der Waals surface area contributed by atoms with Crippen LogP contribution in [0.2, 0.25) is 0 Å². The number of hydrogen-bond acceptors (Lipinski definition) is 2. The first kappa shape index (κ1) is 9.38. The third kappa shape index (κ3) is 1.69. The number of rotatable bonds is 1. The van der Waals surface area contributed by atoms with Gasteiger partial charge in [-0.1, -0.05) is 6.92 Å². The minimum absolute atomic E-state index is 0.762. The van der Waals surface area contributed by atoms with Crippen molar-refractivity contribution in [3.63, 3.8) is 0 Å². The highest BCUT2D eigenvalue weighted by Crippen LogP contribution is 2.32. The lowest BCUT2D eigenvalue weighted by molar-refractivity contribution is 0.297. The van der Waals surface area contributed by atoms with Crippen molar-refractivity contribution >= 4 is 0 Å². The molecule has 2 nitrogen and oxygen atoms in total. The fourth-order valence-electron chi connectivity index (χ4n) is 1.73. The summed E-state index contributed by atoms with van der Waals surface area (Å²) in [7, 11) is 0. The van der Waals surface area contributed by atoms with Gasteiger partial charge in [0.1, 0.15) is 0 Å². The summed E-state index contributed by atoms with van der Waals surface area (Å²) in [6.45, 7) is 5.80. The second-order valence-electron chi connectivity index (χ2n) is 3.63. The first-order chi connectivity index (χ1) is 6.81. The highest BCUT2D eigenvalue weighted by atomic mass is 16.5. The van der Waals surface area contributed by atoms with Gasteiger partial charge in [0.25, 0.3) is 0 Å². The van der Waals surface area contributed by atoms with Gasteiger partial charge >= 0.3 is 0 Å². The molecule has 0 unspecified atom stereocenters. The molecule has 0 aliphatic carbocycles. The van der Waals surface area contributed by atoms with Crippen LogP contribution < -0.4 is 9.47 Å². The van der Waals surface area contributed by atoms with E-state index in [1.807, 2.05) is 0 Å². The predicted molar refractivity (Wildman–Crippen MR) is 56.2 cm³/mol. The van der Waals surface area contributed by atoms with Crippen LogP contribution in [0.1, 0.15) is 24.5 Å². The molecule has 14 heavy (non-hydrogen) atoms. The minimum atomic E-state index is 0.762. The number of hydrogen-bond donors (Lipinski definition) is 0. The van der Waals surface area contributed by atoms with E-state index in [2.05, 4.69) is 26.0 Å². The highest BCUT2D eigenvalue weighted by molar-refractivity contribution is 5.47. The van der Waals surface area contributed by atoms with Crippen LogP contribution >= 0.6 is 0 Å². The Morgan fingerprint density at radius 2 is 1.79 bits per heavy atom. The summed E-state index contributed by atoms with van der Waals surface area (Å²) in [6, 6.07) is 4.19. The molecule has 76 valence electrons. The average Bonchev–Trinajstić information content (AvgIpc) is 2.41. The second-order valence-corrected chi connectivity index (χ2v) is 3.63. The fourth-order valence-corrected chi connectivity index (χ4v) is 1.73. The lowest BCUT2D eigenvalue weighted by Gasteiger charge is -2.11. The molecular weight excluding hydrogens is 176 g/mol. The van der Waals surface area contributed by atoms with Gasteiger partial charge in [0.05, 0.1) is 13.2 Å². The number of ether oxygens (including phenoxy) is 2. The van der Waals surface area contributed by atoms with Crippen LogP contribution in [0.3, 0.4) is 0 Å². The van der Waals surface area contributed by atoms with Gasteiger partial charge in [-0.25, -0.2) is 0 Å². The average molecular weight is 192 g/mol. The van der Waals surface area contributed by atoms with Crippen molar-refractivity contribution in [2.24, 2.45) is 0 Å². The van der Waals surface area contributed by atoms with E-state index in [1.165, 1.54) is 11.1 Å². The summed E-state index contributed by atoms with van der Waals surface area (Å²) in [4.78, 5) is 0. The molecule has 0 aromatic heterocycles. The standard InChI is InChI=1S/C12H16O2/c1-3-10-8-12-11(7-9(10)2)13-5-4-6-14-12/h7-8H,3-6H2,1-2H3. The Bertz CT molecular complexity index is 331. The minimum Gasteiger partial charge on any atom is -0.490 e. The molecule has 0 saturated carbocycles. The van der Waals surface area contributed by atoms with Gasteiger partial charge in [-0.15, -0.1) is 0 Å². The second kappa shape index (κ2) is 3.91. The van der Waals surface area contributed by atoms with Gasteiger partial charge in [-0.2, -0.15) is 0 Å². The molecule has 1 aliphatic rings. The maximum Gasteiger partial charge on any atom is 0.161 e. The molecular formula is C12H16O2. The normalized spacial score (nSPS) is 15.0. The molecule has 1 heterocycles. The van der Waals surface area contributed by atoms with Gasteiger partial charge in [0, 0.05) is 6.42 Å². The summed E-state index contributed by atoms with van der Waals surface area (Å²) in [5.41, 5.74) is 2.63. The molecule has 0 fully saturated rings. The van der Waals surface area contributed by atoms with Crippen LogP contribution in [0, 0.1) is 6.92 Å². The molecule has 1 aromatic carbocycles. The fraction of sp³-hybridized carbons (Fsp3) is 0.500. The monoisotopic (exact) mass is 192 g/mol. The molecule has 1 aromatic rings. The van der Waals surface area contributed by atoms with Gasteiger partial charge in [-0.3, -0.25) is 0 Å². The molecule has 2 rings (SSSR count). The Hall–Kier alpha value is -1.18. The largest absolute Gasteiger partial charge is 0.490 e. The van der Waals surface area contributed by atoms with Crippen molar-refractivity contribution in [2.45, 2.75) is 26.7 Å². The molecule has 0 spiro atoms. The molecule has 2 heteroatoms. The maximum absolute atomic E-state index is 5.62. The zero-order valence-corrected chi connectivity index (χ0v) is 8.80. The summed E-state index contributed by atoms with van der Waals surface area (Å²) in [5, 5.41) is 0. The van der Waals surface area contributed by atoms with E-state index >= 15 is 0 Å². The van der Waals surface area contributed by atoms with Crippen LogP contribution in [0.5, 0.6) is 11.5 Å². The Labute approximate surface area is 84.8 Å². The van der Waals surface area contributed by atoms with Crippen molar-refractivity contribution in [3.05, 3.63) is 23.3 Å². The van der Waals surface area contributed by atoms with Gasteiger partial charge < -0.3 is 9.47 Å². The van der Waals surface area contributed by atoms with Gasteiger partial charge in [0.15, 0.2) is 11.5 Å². The quantitative estimate of drug-likeness (QED) is 0.681. The van der Waals surface area contributed by atoms with E-state index in [4.69, 9.17) is 9.47 Å². The molecule has 0 atom stereocenters. The van der Waals surface area contributed by atoms with Crippen molar-refractivity contribution in [1.29, 1.82) is 0 Å². The predicted octanol–water partition coefficient (Wildman–Crippen LogP) is 2.72. The van der Waals surface area contributed by atoms with E-state index < -0.39 is 0 Å². The van der Waals surface area contributed by atoms with Gasteiger partial charge in [0.2, 0.25) is 0 Å². The molecule has 0 N–H and O–H groups in total. The van der Waals surface area contributed by atoms with E-state index in [9.17, 15) is 0 Å². The van der Waals surface area contributed by atoms with Crippen LogP contribution in [0.25, 0.3) is 0 Å². The first-order valence-corrected chi connectivity index (χ1v) is 5.20. The Morgan fingerprint density at radius 1 is 1.14 bits per heavy atom. The molecule has 1 aliphatic heterocycles. The topological polar surface area (TPSA) is 18.5 Å². The van der Waals surface area contributed by atoms with Crippen LogP contribution in [-0.4, -0.2) is 13.2 Å². The molecule has 0 radical (unpaired) electrons. The van der Waals surface area contributed by atoms with E-state index in [0.717, 1.165) is 37.6 Å². The summed E-state index contributed by atoms with van der Waals surface area (Å²) < 4.78 is 11.2. The van der Waals surface area contributed by atoms with Crippen LogP contribution in [0.15, 0.2) is 12.1 Å². The lowest BCUT2D eigenvalue weighted by Crippen LogP contribution is -1.97. The number of fused-ring (bicyclic) bond motifs is 1. The Balaban J connectivity index is 2.41. The van der Waals surface area contributed by atoms with Crippen molar-refractivity contribution < 1.29 is 9.47 Å². The van der Waals surface area contributed by atoms with Crippen molar-refractivity contribution in [3.8, 4) is 11.5 Å². The van der Waals surface area contributed by atoms with Gasteiger partial charge in [-0.05, 0) is 36.6 Å². The first-order valence-electron chi connectivity index (χ1n) is 5.20. The summed E-state index contributed by atoms with van der Waals surface area (Å²) in [5.74, 6) is 1.81. The lowest BCUT2D eigenvalue weighted by atomic mass is 10.1. The maximum atomic E-state index is 5.62. The SMILES string of the molecule is CCc1cc2c(cc1C)OCCCO2. The summed E-state index contributed by atoms with van der Waals surface area (Å²) >= 11 is 0. The molecule has 0 saturated heterocycles. The number of benzene rings is 1. The zero-order chi connectivity index (χ0) is 9.97.